The number of ether oxygens (including phenoxy) is 1. The lowest BCUT2D eigenvalue weighted by molar-refractivity contribution is 0.302. The summed E-state index contributed by atoms with van der Waals surface area (Å²) in [5, 5.41) is 0. The third-order valence-corrected chi connectivity index (χ3v) is 3.81. The predicted octanol–water partition coefficient (Wildman–Crippen LogP) is 3.28. The average Bonchev–Trinajstić information content (AvgIpc) is 3.29. The van der Waals surface area contributed by atoms with Crippen molar-refractivity contribution in [1.82, 2.24) is 5.43 Å². The molecule has 3 heteroatoms. The van der Waals surface area contributed by atoms with Gasteiger partial charge in [0, 0.05) is 0 Å². The minimum atomic E-state index is 0.0922. The standard InChI is InChI=1S/C18H22N2O/c1-13-4-2-5-14(10-13)11-18(20-19)15-6-3-7-17(12-15)21-16-8-9-16/h2-7,10,12,16,18,20H,8-9,11,19H2,1H3. The highest BCUT2D eigenvalue weighted by Crippen LogP contribution is 2.29. The lowest BCUT2D eigenvalue weighted by Gasteiger charge is -2.18. The summed E-state index contributed by atoms with van der Waals surface area (Å²) in [6.45, 7) is 2.11. The lowest BCUT2D eigenvalue weighted by Crippen LogP contribution is -2.29. The second-order valence-electron chi connectivity index (χ2n) is 5.80. The van der Waals surface area contributed by atoms with E-state index in [-0.39, 0.29) is 6.04 Å². The van der Waals surface area contributed by atoms with E-state index in [0.717, 1.165) is 17.7 Å². The number of aryl methyl sites for hydroxylation is 1. The quantitative estimate of drug-likeness (QED) is 0.631. The Labute approximate surface area is 126 Å². The summed E-state index contributed by atoms with van der Waals surface area (Å²) in [4.78, 5) is 0. The molecule has 0 saturated heterocycles. The van der Waals surface area contributed by atoms with E-state index < -0.39 is 0 Å². The van der Waals surface area contributed by atoms with Crippen LogP contribution in [0.15, 0.2) is 48.5 Å². The topological polar surface area (TPSA) is 47.3 Å². The fourth-order valence-electron chi connectivity index (χ4n) is 2.53. The van der Waals surface area contributed by atoms with Gasteiger partial charge in [-0.1, -0.05) is 42.0 Å². The second kappa shape index (κ2) is 6.29. The van der Waals surface area contributed by atoms with Crippen LogP contribution in [-0.2, 0) is 6.42 Å². The van der Waals surface area contributed by atoms with Gasteiger partial charge in [0.15, 0.2) is 0 Å². The van der Waals surface area contributed by atoms with Crippen LogP contribution in [-0.4, -0.2) is 6.10 Å². The molecular weight excluding hydrogens is 260 g/mol. The monoisotopic (exact) mass is 282 g/mol. The number of benzene rings is 2. The molecule has 0 aliphatic heterocycles. The minimum Gasteiger partial charge on any atom is -0.490 e. The Balaban J connectivity index is 1.75. The van der Waals surface area contributed by atoms with Crippen LogP contribution in [0.5, 0.6) is 5.75 Å². The smallest absolute Gasteiger partial charge is 0.120 e. The molecule has 0 amide bonds. The first-order valence-electron chi connectivity index (χ1n) is 7.53. The fraction of sp³-hybridized carbons (Fsp3) is 0.333. The SMILES string of the molecule is Cc1cccc(CC(NN)c2cccc(OC3CC3)c2)c1. The van der Waals surface area contributed by atoms with E-state index >= 15 is 0 Å². The molecule has 2 aromatic carbocycles. The van der Waals surface area contributed by atoms with Gasteiger partial charge in [-0.25, -0.2) is 0 Å². The zero-order chi connectivity index (χ0) is 14.7. The highest BCUT2D eigenvalue weighted by Gasteiger charge is 2.23. The number of nitrogens with two attached hydrogens (primary N) is 1. The molecule has 21 heavy (non-hydrogen) atoms. The molecule has 0 aromatic heterocycles. The molecule has 0 bridgehead atoms. The summed E-state index contributed by atoms with van der Waals surface area (Å²) in [5.41, 5.74) is 6.65. The normalized spacial score (nSPS) is 15.7. The molecule has 1 atom stereocenters. The molecule has 3 rings (SSSR count). The van der Waals surface area contributed by atoms with Crippen molar-refractivity contribution < 1.29 is 4.74 Å². The van der Waals surface area contributed by atoms with E-state index in [4.69, 9.17) is 10.6 Å². The van der Waals surface area contributed by atoms with Crippen LogP contribution in [0.3, 0.4) is 0 Å². The predicted molar refractivity (Wildman–Crippen MR) is 85.0 cm³/mol. The van der Waals surface area contributed by atoms with Gasteiger partial charge in [-0.2, -0.15) is 0 Å². The maximum Gasteiger partial charge on any atom is 0.120 e. The molecule has 0 radical (unpaired) electrons. The van der Waals surface area contributed by atoms with Gasteiger partial charge in [0.05, 0.1) is 12.1 Å². The van der Waals surface area contributed by atoms with Crippen LogP contribution in [0.25, 0.3) is 0 Å². The second-order valence-corrected chi connectivity index (χ2v) is 5.80. The molecule has 1 aliphatic carbocycles. The molecule has 3 N–H and O–H groups in total. The Morgan fingerprint density at radius 3 is 2.71 bits per heavy atom. The molecule has 3 nitrogen and oxygen atoms in total. The zero-order valence-corrected chi connectivity index (χ0v) is 12.4. The largest absolute Gasteiger partial charge is 0.490 e. The highest BCUT2D eigenvalue weighted by molar-refractivity contribution is 5.33. The van der Waals surface area contributed by atoms with Crippen molar-refractivity contribution in [2.45, 2.75) is 38.3 Å². The van der Waals surface area contributed by atoms with Crippen molar-refractivity contribution in [3.05, 3.63) is 65.2 Å². The van der Waals surface area contributed by atoms with E-state index in [2.05, 4.69) is 48.7 Å². The maximum absolute atomic E-state index is 5.86. The van der Waals surface area contributed by atoms with Gasteiger partial charge in [0.1, 0.15) is 5.75 Å². The molecule has 0 spiro atoms. The Hall–Kier alpha value is -1.84. The van der Waals surface area contributed by atoms with E-state index in [0.29, 0.717) is 6.10 Å². The summed E-state index contributed by atoms with van der Waals surface area (Å²) in [7, 11) is 0. The van der Waals surface area contributed by atoms with Gasteiger partial charge >= 0.3 is 0 Å². The molecule has 0 heterocycles. The zero-order valence-electron chi connectivity index (χ0n) is 12.4. The van der Waals surface area contributed by atoms with Gasteiger partial charge in [-0.3, -0.25) is 11.3 Å². The Kier molecular flexibility index (Phi) is 4.23. The van der Waals surface area contributed by atoms with Gasteiger partial charge in [0.2, 0.25) is 0 Å². The van der Waals surface area contributed by atoms with Crippen molar-refractivity contribution in [3.8, 4) is 5.75 Å². The summed E-state index contributed by atoms with van der Waals surface area (Å²) >= 11 is 0. The van der Waals surface area contributed by atoms with Gasteiger partial charge in [0.25, 0.3) is 0 Å². The first-order valence-corrected chi connectivity index (χ1v) is 7.53. The minimum absolute atomic E-state index is 0.0922. The van der Waals surface area contributed by atoms with Crippen LogP contribution in [0, 0.1) is 6.92 Å². The Morgan fingerprint density at radius 1 is 1.19 bits per heavy atom. The number of nitrogens with one attached hydrogen (secondary N) is 1. The number of rotatable bonds is 6. The van der Waals surface area contributed by atoms with Crippen molar-refractivity contribution in [3.63, 3.8) is 0 Å². The Bertz CT molecular complexity index is 608. The van der Waals surface area contributed by atoms with E-state index in [9.17, 15) is 0 Å². The molecule has 1 saturated carbocycles. The van der Waals surface area contributed by atoms with E-state index in [1.807, 2.05) is 12.1 Å². The van der Waals surface area contributed by atoms with Crippen molar-refractivity contribution >= 4 is 0 Å². The van der Waals surface area contributed by atoms with Crippen molar-refractivity contribution in [2.24, 2.45) is 5.84 Å². The highest BCUT2D eigenvalue weighted by atomic mass is 16.5. The number of hydrogen-bond donors (Lipinski definition) is 2. The Morgan fingerprint density at radius 2 is 2.00 bits per heavy atom. The molecular formula is C18H22N2O. The van der Waals surface area contributed by atoms with Gasteiger partial charge in [-0.15, -0.1) is 0 Å². The number of hydrogen-bond acceptors (Lipinski definition) is 3. The van der Waals surface area contributed by atoms with Gasteiger partial charge < -0.3 is 4.74 Å². The molecule has 1 fully saturated rings. The fourth-order valence-corrected chi connectivity index (χ4v) is 2.53. The van der Waals surface area contributed by atoms with E-state index in [1.54, 1.807) is 0 Å². The summed E-state index contributed by atoms with van der Waals surface area (Å²) < 4.78 is 5.86. The number of hydrazine groups is 1. The van der Waals surface area contributed by atoms with Crippen LogP contribution in [0.1, 0.15) is 35.6 Å². The third kappa shape index (κ3) is 3.84. The molecule has 110 valence electrons. The van der Waals surface area contributed by atoms with Gasteiger partial charge in [-0.05, 0) is 49.4 Å². The van der Waals surface area contributed by atoms with Crippen LogP contribution in [0.2, 0.25) is 0 Å². The van der Waals surface area contributed by atoms with Crippen molar-refractivity contribution in [2.75, 3.05) is 0 Å². The van der Waals surface area contributed by atoms with Crippen LogP contribution >= 0.6 is 0 Å². The van der Waals surface area contributed by atoms with Crippen LogP contribution < -0.4 is 16.0 Å². The van der Waals surface area contributed by atoms with Crippen molar-refractivity contribution in [1.29, 1.82) is 0 Å². The first-order chi connectivity index (χ1) is 10.2. The van der Waals surface area contributed by atoms with E-state index in [1.165, 1.54) is 24.0 Å². The summed E-state index contributed by atoms with van der Waals surface area (Å²) in [6, 6.07) is 16.9. The average molecular weight is 282 g/mol. The maximum atomic E-state index is 5.86. The molecule has 1 unspecified atom stereocenters. The molecule has 1 aliphatic rings. The third-order valence-electron chi connectivity index (χ3n) is 3.81. The molecule has 2 aromatic rings. The summed E-state index contributed by atoms with van der Waals surface area (Å²) in [5.74, 6) is 6.71. The van der Waals surface area contributed by atoms with Crippen LogP contribution in [0.4, 0.5) is 0 Å². The first kappa shape index (κ1) is 14.1. The lowest BCUT2D eigenvalue weighted by atomic mass is 9.98. The summed E-state index contributed by atoms with van der Waals surface area (Å²) in [6.07, 6.45) is 3.63.